The summed E-state index contributed by atoms with van der Waals surface area (Å²) in [6, 6.07) is 7.74. The molecule has 0 heterocycles. The van der Waals surface area contributed by atoms with Crippen molar-refractivity contribution in [3.05, 3.63) is 35.4 Å². The van der Waals surface area contributed by atoms with Gasteiger partial charge in [0.15, 0.2) is 0 Å². The maximum absolute atomic E-state index is 11.9. The molecule has 0 aromatic heterocycles. The Labute approximate surface area is 126 Å². The van der Waals surface area contributed by atoms with Crippen LogP contribution in [-0.4, -0.2) is 43.0 Å². The van der Waals surface area contributed by atoms with Crippen molar-refractivity contribution in [1.29, 1.82) is 0 Å². The topological polar surface area (TPSA) is 58.4 Å². The molecule has 4 nitrogen and oxygen atoms in total. The lowest BCUT2D eigenvalue weighted by Crippen LogP contribution is -2.40. The molecule has 1 rings (SSSR count). The summed E-state index contributed by atoms with van der Waals surface area (Å²) in [7, 11) is 4.07. The summed E-state index contributed by atoms with van der Waals surface area (Å²) in [5.41, 5.74) is 8.23. The first-order chi connectivity index (χ1) is 9.54. The number of hydrogen-bond acceptors (Lipinski definition) is 4. The Morgan fingerprint density at radius 2 is 2.00 bits per heavy atom. The Bertz CT molecular complexity index is 423. The van der Waals surface area contributed by atoms with Crippen LogP contribution in [0.3, 0.4) is 0 Å². The van der Waals surface area contributed by atoms with E-state index in [1.54, 1.807) is 11.8 Å². The average molecular weight is 295 g/mol. The summed E-state index contributed by atoms with van der Waals surface area (Å²) in [5.74, 6) is 0.838. The van der Waals surface area contributed by atoms with Gasteiger partial charge in [0.05, 0.1) is 6.04 Å². The van der Waals surface area contributed by atoms with Crippen molar-refractivity contribution >= 4 is 17.7 Å². The predicted molar refractivity (Wildman–Crippen MR) is 86.7 cm³/mol. The average Bonchev–Trinajstić information content (AvgIpc) is 2.42. The van der Waals surface area contributed by atoms with Crippen molar-refractivity contribution in [3.63, 3.8) is 0 Å². The third-order valence-corrected chi connectivity index (χ3v) is 3.67. The number of nitrogens with one attached hydrogen (secondary N) is 1. The fourth-order valence-corrected chi connectivity index (χ4v) is 2.40. The van der Waals surface area contributed by atoms with Gasteiger partial charge < -0.3 is 16.0 Å². The molecule has 3 N–H and O–H groups in total. The molecule has 0 aliphatic carbocycles. The zero-order chi connectivity index (χ0) is 15.0. The smallest absolute Gasteiger partial charge is 0.237 e. The van der Waals surface area contributed by atoms with E-state index < -0.39 is 6.04 Å². The van der Waals surface area contributed by atoms with E-state index in [9.17, 15) is 4.79 Å². The molecule has 0 bridgehead atoms. The lowest BCUT2D eigenvalue weighted by Gasteiger charge is -2.16. The molecule has 0 fully saturated rings. The molecule has 1 amide bonds. The third kappa shape index (κ3) is 5.94. The summed E-state index contributed by atoms with van der Waals surface area (Å²) in [5, 5.41) is 2.93. The van der Waals surface area contributed by atoms with Gasteiger partial charge in [0.25, 0.3) is 0 Å². The Kier molecular flexibility index (Phi) is 7.65. The number of carbonyl (C=O) groups excluding carboxylic acids is 1. The van der Waals surface area contributed by atoms with Crippen LogP contribution in [0.15, 0.2) is 24.3 Å². The van der Waals surface area contributed by atoms with Crippen LogP contribution in [0.25, 0.3) is 0 Å². The minimum Gasteiger partial charge on any atom is -0.351 e. The van der Waals surface area contributed by atoms with Crippen molar-refractivity contribution in [2.24, 2.45) is 5.73 Å². The van der Waals surface area contributed by atoms with E-state index >= 15 is 0 Å². The first-order valence-electron chi connectivity index (χ1n) is 6.78. The van der Waals surface area contributed by atoms with E-state index in [1.165, 1.54) is 5.56 Å². The summed E-state index contributed by atoms with van der Waals surface area (Å²) in [6.45, 7) is 1.40. The highest BCUT2D eigenvalue weighted by molar-refractivity contribution is 7.98. The van der Waals surface area contributed by atoms with Crippen molar-refractivity contribution in [3.8, 4) is 0 Å². The minimum atomic E-state index is -0.413. The number of thioether (sulfide) groups is 1. The van der Waals surface area contributed by atoms with Crippen molar-refractivity contribution in [2.75, 3.05) is 26.1 Å². The molecule has 20 heavy (non-hydrogen) atoms. The first-order valence-corrected chi connectivity index (χ1v) is 8.17. The summed E-state index contributed by atoms with van der Waals surface area (Å²) < 4.78 is 0. The lowest BCUT2D eigenvalue weighted by molar-refractivity contribution is -0.122. The molecule has 0 aliphatic heterocycles. The highest BCUT2D eigenvalue weighted by Gasteiger charge is 2.13. The predicted octanol–water partition coefficient (Wildman–Crippen LogP) is 1.44. The number of carbonyl (C=O) groups is 1. The van der Waals surface area contributed by atoms with Crippen molar-refractivity contribution in [2.45, 2.75) is 25.6 Å². The van der Waals surface area contributed by atoms with Crippen LogP contribution >= 0.6 is 11.8 Å². The van der Waals surface area contributed by atoms with Crippen LogP contribution in [0, 0.1) is 0 Å². The van der Waals surface area contributed by atoms with Gasteiger partial charge in [0, 0.05) is 13.1 Å². The fraction of sp³-hybridized carbons (Fsp3) is 0.533. The van der Waals surface area contributed by atoms with E-state index in [4.69, 9.17) is 5.73 Å². The van der Waals surface area contributed by atoms with E-state index in [2.05, 4.69) is 16.3 Å². The van der Waals surface area contributed by atoms with Gasteiger partial charge in [-0.1, -0.05) is 24.3 Å². The molecule has 1 aromatic rings. The highest BCUT2D eigenvalue weighted by Crippen LogP contribution is 2.10. The maximum atomic E-state index is 11.9. The number of amides is 1. The number of benzene rings is 1. The van der Waals surface area contributed by atoms with Gasteiger partial charge in [0.2, 0.25) is 5.91 Å². The molecule has 112 valence electrons. The van der Waals surface area contributed by atoms with Crippen LogP contribution < -0.4 is 11.1 Å². The van der Waals surface area contributed by atoms with Crippen LogP contribution in [-0.2, 0) is 17.9 Å². The largest absolute Gasteiger partial charge is 0.351 e. The quantitative estimate of drug-likeness (QED) is 0.762. The second-order valence-corrected chi connectivity index (χ2v) is 6.10. The number of nitrogens with zero attached hydrogens (tertiary/aromatic N) is 1. The molecule has 0 radical (unpaired) electrons. The number of nitrogens with two attached hydrogens (primary N) is 1. The Balaban J connectivity index is 2.54. The minimum absolute atomic E-state index is 0.0706. The van der Waals surface area contributed by atoms with Gasteiger partial charge >= 0.3 is 0 Å². The maximum Gasteiger partial charge on any atom is 0.237 e. The lowest BCUT2D eigenvalue weighted by atomic mass is 10.1. The molecule has 1 aromatic carbocycles. The molecule has 0 spiro atoms. The Morgan fingerprint density at radius 3 is 2.60 bits per heavy atom. The highest BCUT2D eigenvalue weighted by atomic mass is 32.2. The van der Waals surface area contributed by atoms with E-state index in [1.807, 2.05) is 38.6 Å². The van der Waals surface area contributed by atoms with E-state index in [0.29, 0.717) is 13.0 Å². The second-order valence-electron chi connectivity index (χ2n) is 5.11. The summed E-state index contributed by atoms with van der Waals surface area (Å²) >= 11 is 1.71. The number of rotatable bonds is 8. The van der Waals surface area contributed by atoms with Crippen LogP contribution in [0.4, 0.5) is 0 Å². The molecule has 0 aliphatic rings. The molecule has 5 heteroatoms. The van der Waals surface area contributed by atoms with Crippen LogP contribution in [0.5, 0.6) is 0 Å². The third-order valence-electron chi connectivity index (χ3n) is 3.03. The van der Waals surface area contributed by atoms with E-state index in [-0.39, 0.29) is 5.91 Å². The van der Waals surface area contributed by atoms with Gasteiger partial charge in [-0.15, -0.1) is 0 Å². The molecular weight excluding hydrogens is 270 g/mol. The molecule has 1 atom stereocenters. The Hall–Kier alpha value is -1.04. The fourth-order valence-electron chi connectivity index (χ4n) is 1.91. The van der Waals surface area contributed by atoms with Gasteiger partial charge in [0.1, 0.15) is 0 Å². The molecule has 0 unspecified atom stereocenters. The SMILES string of the molecule is CSCC[C@H](N)C(=O)NCc1ccccc1CN(C)C. The second kappa shape index (κ2) is 9.00. The van der Waals surface area contributed by atoms with Crippen LogP contribution in [0.2, 0.25) is 0 Å². The first kappa shape index (κ1) is 17.0. The molecular formula is C15H25N3OS. The van der Waals surface area contributed by atoms with Crippen LogP contribution in [0.1, 0.15) is 17.5 Å². The zero-order valence-corrected chi connectivity index (χ0v) is 13.4. The monoisotopic (exact) mass is 295 g/mol. The Morgan fingerprint density at radius 1 is 1.35 bits per heavy atom. The molecule has 0 saturated heterocycles. The van der Waals surface area contributed by atoms with Crippen molar-refractivity contribution in [1.82, 2.24) is 10.2 Å². The molecule has 0 saturated carbocycles. The van der Waals surface area contributed by atoms with E-state index in [0.717, 1.165) is 17.9 Å². The normalized spacial score (nSPS) is 12.4. The zero-order valence-electron chi connectivity index (χ0n) is 12.6. The summed E-state index contributed by atoms with van der Waals surface area (Å²) in [6.07, 6.45) is 2.73. The van der Waals surface area contributed by atoms with Crippen molar-refractivity contribution < 1.29 is 4.79 Å². The van der Waals surface area contributed by atoms with Gasteiger partial charge in [-0.2, -0.15) is 11.8 Å². The van der Waals surface area contributed by atoms with Gasteiger partial charge in [-0.05, 0) is 43.7 Å². The standard InChI is InChI=1S/C15H25N3OS/c1-18(2)11-13-7-5-4-6-12(13)10-17-15(19)14(16)8-9-20-3/h4-7,14H,8-11,16H2,1-3H3,(H,17,19)/t14-/m0/s1. The van der Waals surface area contributed by atoms with Gasteiger partial charge in [-0.25, -0.2) is 0 Å². The van der Waals surface area contributed by atoms with Gasteiger partial charge in [-0.3, -0.25) is 4.79 Å². The summed E-state index contributed by atoms with van der Waals surface area (Å²) in [4.78, 5) is 14.0. The number of hydrogen-bond donors (Lipinski definition) is 2.